The van der Waals surface area contributed by atoms with Gasteiger partial charge in [0.2, 0.25) is 0 Å². The van der Waals surface area contributed by atoms with Crippen LogP contribution >= 0.6 is 0 Å². The number of rotatable bonds is 4. The molecule has 0 heterocycles. The van der Waals surface area contributed by atoms with Crippen LogP contribution in [0, 0.1) is 6.92 Å². The van der Waals surface area contributed by atoms with E-state index < -0.39 is 0 Å². The highest BCUT2D eigenvalue weighted by Crippen LogP contribution is 2.32. The van der Waals surface area contributed by atoms with Crippen LogP contribution in [0.4, 0.5) is 17.1 Å². The van der Waals surface area contributed by atoms with E-state index in [1.54, 1.807) is 7.11 Å². The van der Waals surface area contributed by atoms with Crippen molar-refractivity contribution in [3.8, 4) is 5.75 Å². The number of nitrogens with one attached hydrogen (secondary N) is 1. The molecule has 2 aromatic rings. The lowest BCUT2D eigenvalue weighted by Gasteiger charge is -2.16. The van der Waals surface area contributed by atoms with Gasteiger partial charge in [-0.3, -0.25) is 0 Å². The van der Waals surface area contributed by atoms with Crippen molar-refractivity contribution in [3.05, 3.63) is 47.5 Å². The van der Waals surface area contributed by atoms with Gasteiger partial charge in [0.05, 0.1) is 24.2 Å². The van der Waals surface area contributed by atoms with Crippen molar-refractivity contribution in [3.63, 3.8) is 0 Å². The van der Waals surface area contributed by atoms with Crippen LogP contribution in [0.1, 0.15) is 18.1 Å². The fourth-order valence-corrected chi connectivity index (χ4v) is 2.07. The molecule has 100 valence electrons. The van der Waals surface area contributed by atoms with Crippen LogP contribution < -0.4 is 15.8 Å². The third-order valence-corrected chi connectivity index (χ3v) is 3.24. The van der Waals surface area contributed by atoms with Gasteiger partial charge in [0.1, 0.15) is 5.75 Å². The Balaban J connectivity index is 2.42. The molecule has 3 nitrogen and oxygen atoms in total. The highest BCUT2D eigenvalue weighted by atomic mass is 16.5. The summed E-state index contributed by atoms with van der Waals surface area (Å²) < 4.78 is 5.39. The molecule has 2 aromatic carbocycles. The molecule has 0 aliphatic carbocycles. The summed E-state index contributed by atoms with van der Waals surface area (Å²) >= 11 is 0. The van der Waals surface area contributed by atoms with Gasteiger partial charge in [-0.15, -0.1) is 0 Å². The molecule has 0 radical (unpaired) electrons. The lowest BCUT2D eigenvalue weighted by molar-refractivity contribution is 0.416. The van der Waals surface area contributed by atoms with Crippen LogP contribution in [0.2, 0.25) is 0 Å². The minimum Gasteiger partial charge on any atom is -0.495 e. The van der Waals surface area contributed by atoms with Gasteiger partial charge in [-0.2, -0.15) is 0 Å². The van der Waals surface area contributed by atoms with Crippen LogP contribution in [0.15, 0.2) is 36.4 Å². The Morgan fingerprint density at radius 3 is 2.63 bits per heavy atom. The van der Waals surface area contributed by atoms with Gasteiger partial charge in [-0.05, 0) is 42.7 Å². The first-order chi connectivity index (χ1) is 9.15. The summed E-state index contributed by atoms with van der Waals surface area (Å²) in [5.41, 5.74) is 11.0. The number of hydrogen-bond donors (Lipinski definition) is 2. The zero-order valence-corrected chi connectivity index (χ0v) is 11.7. The molecular weight excluding hydrogens is 236 g/mol. The molecule has 2 rings (SSSR count). The third-order valence-electron chi connectivity index (χ3n) is 3.24. The number of methoxy groups -OCH3 is 1. The van der Waals surface area contributed by atoms with Gasteiger partial charge in [0.25, 0.3) is 0 Å². The van der Waals surface area contributed by atoms with Gasteiger partial charge in [0.15, 0.2) is 0 Å². The van der Waals surface area contributed by atoms with Crippen LogP contribution in [0.25, 0.3) is 0 Å². The summed E-state index contributed by atoms with van der Waals surface area (Å²) in [6.07, 6.45) is 0.988. The fraction of sp³-hybridized carbons (Fsp3) is 0.250. The average molecular weight is 256 g/mol. The first kappa shape index (κ1) is 13.3. The Morgan fingerprint density at radius 1 is 1.21 bits per heavy atom. The van der Waals surface area contributed by atoms with E-state index in [0.717, 1.165) is 34.8 Å². The minimum absolute atomic E-state index is 0.740. The molecule has 0 aliphatic rings. The molecule has 0 spiro atoms. The second kappa shape index (κ2) is 5.65. The fourth-order valence-electron chi connectivity index (χ4n) is 2.07. The molecule has 0 fully saturated rings. The number of benzene rings is 2. The Morgan fingerprint density at radius 2 is 2.00 bits per heavy atom. The van der Waals surface area contributed by atoms with E-state index in [9.17, 15) is 0 Å². The van der Waals surface area contributed by atoms with Gasteiger partial charge in [-0.1, -0.05) is 25.1 Å². The van der Waals surface area contributed by atoms with Gasteiger partial charge in [0, 0.05) is 0 Å². The van der Waals surface area contributed by atoms with Gasteiger partial charge < -0.3 is 15.8 Å². The van der Waals surface area contributed by atoms with Crippen molar-refractivity contribution in [2.45, 2.75) is 20.3 Å². The molecule has 3 heteroatoms. The summed E-state index contributed by atoms with van der Waals surface area (Å²) in [4.78, 5) is 0. The van der Waals surface area contributed by atoms with Crippen molar-refractivity contribution in [1.29, 1.82) is 0 Å². The Bertz CT molecular complexity index is 559. The summed E-state index contributed by atoms with van der Waals surface area (Å²) in [5, 5.41) is 3.38. The number of ether oxygens (including phenoxy) is 1. The van der Waals surface area contributed by atoms with Crippen molar-refractivity contribution >= 4 is 17.1 Å². The molecule has 0 amide bonds. The third kappa shape index (κ3) is 2.81. The molecule has 0 aromatic heterocycles. The number of aryl methyl sites for hydroxylation is 2. The Hall–Kier alpha value is -2.16. The molecule has 19 heavy (non-hydrogen) atoms. The standard InChI is InChI=1S/C16H20N2O/c1-4-12-8-9-15(19-3)14(10-12)18-16-11(2)6-5-7-13(16)17/h5-10,18H,4,17H2,1-3H3. The van der Waals surface area contributed by atoms with Crippen molar-refractivity contribution in [2.75, 3.05) is 18.2 Å². The number of para-hydroxylation sites is 1. The molecular formula is C16H20N2O. The van der Waals surface area contributed by atoms with E-state index in [0.29, 0.717) is 0 Å². The van der Waals surface area contributed by atoms with Gasteiger partial charge in [-0.25, -0.2) is 0 Å². The summed E-state index contributed by atoms with van der Waals surface area (Å²) in [6, 6.07) is 12.0. The predicted octanol–water partition coefficient (Wildman–Crippen LogP) is 3.89. The topological polar surface area (TPSA) is 47.3 Å². The minimum atomic E-state index is 0.740. The maximum Gasteiger partial charge on any atom is 0.142 e. The Kier molecular flexibility index (Phi) is 3.95. The summed E-state index contributed by atoms with van der Waals surface area (Å²) in [6.45, 7) is 4.17. The highest BCUT2D eigenvalue weighted by molar-refractivity contribution is 5.78. The number of nitrogen functional groups attached to an aromatic ring is 1. The average Bonchev–Trinajstić information content (AvgIpc) is 2.42. The zero-order valence-electron chi connectivity index (χ0n) is 11.7. The lowest BCUT2D eigenvalue weighted by Crippen LogP contribution is -2.01. The normalized spacial score (nSPS) is 10.3. The molecule has 0 aliphatic heterocycles. The van der Waals surface area contributed by atoms with E-state index in [1.165, 1.54) is 5.56 Å². The molecule has 0 saturated carbocycles. The smallest absolute Gasteiger partial charge is 0.142 e. The molecule has 0 bridgehead atoms. The highest BCUT2D eigenvalue weighted by Gasteiger charge is 2.08. The largest absolute Gasteiger partial charge is 0.495 e. The van der Waals surface area contributed by atoms with Crippen molar-refractivity contribution in [1.82, 2.24) is 0 Å². The summed E-state index contributed by atoms with van der Waals surface area (Å²) in [5.74, 6) is 0.819. The molecule has 3 N–H and O–H groups in total. The first-order valence-electron chi connectivity index (χ1n) is 6.44. The van der Waals surface area contributed by atoms with E-state index in [1.807, 2.05) is 31.2 Å². The SMILES string of the molecule is CCc1ccc(OC)c(Nc2c(C)cccc2N)c1. The van der Waals surface area contributed by atoms with E-state index in [2.05, 4.69) is 24.4 Å². The number of hydrogen-bond acceptors (Lipinski definition) is 3. The Labute approximate surface area is 114 Å². The predicted molar refractivity (Wildman–Crippen MR) is 81.2 cm³/mol. The molecule has 0 atom stereocenters. The zero-order chi connectivity index (χ0) is 13.8. The first-order valence-corrected chi connectivity index (χ1v) is 6.44. The second-order valence-electron chi connectivity index (χ2n) is 4.55. The van der Waals surface area contributed by atoms with Crippen LogP contribution in [0.5, 0.6) is 5.75 Å². The van der Waals surface area contributed by atoms with Crippen molar-refractivity contribution in [2.24, 2.45) is 0 Å². The van der Waals surface area contributed by atoms with Crippen LogP contribution in [-0.4, -0.2) is 7.11 Å². The van der Waals surface area contributed by atoms with Crippen molar-refractivity contribution < 1.29 is 4.74 Å². The van der Waals surface area contributed by atoms with E-state index in [4.69, 9.17) is 10.5 Å². The van der Waals surface area contributed by atoms with E-state index in [-0.39, 0.29) is 0 Å². The lowest BCUT2D eigenvalue weighted by atomic mass is 10.1. The van der Waals surface area contributed by atoms with Crippen LogP contribution in [-0.2, 0) is 6.42 Å². The van der Waals surface area contributed by atoms with E-state index >= 15 is 0 Å². The maximum atomic E-state index is 6.03. The number of anilines is 3. The summed E-state index contributed by atoms with van der Waals surface area (Å²) in [7, 11) is 1.67. The second-order valence-corrected chi connectivity index (χ2v) is 4.55. The monoisotopic (exact) mass is 256 g/mol. The van der Waals surface area contributed by atoms with Gasteiger partial charge >= 0.3 is 0 Å². The number of nitrogens with two attached hydrogens (primary N) is 1. The molecule has 0 unspecified atom stereocenters. The maximum absolute atomic E-state index is 6.03. The van der Waals surface area contributed by atoms with Crippen LogP contribution in [0.3, 0.4) is 0 Å². The quantitative estimate of drug-likeness (QED) is 0.816. The molecule has 0 saturated heterocycles.